The van der Waals surface area contributed by atoms with Crippen LogP contribution >= 0.6 is 11.6 Å². The highest BCUT2D eigenvalue weighted by Crippen LogP contribution is 2.49. The molecule has 0 radical (unpaired) electrons. The summed E-state index contributed by atoms with van der Waals surface area (Å²) in [6.07, 6.45) is 4.60. The van der Waals surface area contributed by atoms with Crippen molar-refractivity contribution < 1.29 is 24.2 Å². The second-order valence-electron chi connectivity index (χ2n) is 11.7. The molecule has 212 valence electrons. The zero-order valence-corrected chi connectivity index (χ0v) is 24.2. The number of hydrogen-bond donors (Lipinski definition) is 2. The number of likely N-dealkylation sites (tertiary alicyclic amines) is 1. The first-order chi connectivity index (χ1) is 18.6. The molecule has 4 atom stereocenters. The maximum atomic E-state index is 14.2. The lowest BCUT2D eigenvalue weighted by Gasteiger charge is -2.36. The van der Waals surface area contributed by atoms with Crippen molar-refractivity contribution in [1.82, 2.24) is 15.2 Å². The van der Waals surface area contributed by atoms with Gasteiger partial charge in [0, 0.05) is 41.1 Å². The largest absolute Gasteiger partial charge is 0.496 e. The van der Waals surface area contributed by atoms with Crippen molar-refractivity contribution in [2.24, 2.45) is 17.3 Å². The molecule has 1 aliphatic heterocycles. The van der Waals surface area contributed by atoms with Crippen molar-refractivity contribution in [1.29, 1.82) is 0 Å². The standard InChI is InChI=1S/C30H40ClN3O5/c1-30(2,3)24-25(32-17-19-16-20(31)14-15-22(19)38-4)26(21-12-9-13-23(33-21)39-5)34(27(24)29(36)37)28(35)18-10-7-6-8-11-18/h9,12-16,18,24-27,32H,6-8,10-11,17H2,1-5H3,(H,36,37). The fraction of sp³-hybridized carbons (Fsp3) is 0.567. The minimum atomic E-state index is -1.02. The van der Waals surface area contributed by atoms with Gasteiger partial charge in [0.1, 0.15) is 11.8 Å². The number of aliphatic carboxylic acids is 1. The lowest BCUT2D eigenvalue weighted by molar-refractivity contribution is -0.154. The van der Waals surface area contributed by atoms with E-state index in [0.717, 1.165) is 37.7 Å². The van der Waals surface area contributed by atoms with Gasteiger partial charge in [-0.3, -0.25) is 4.79 Å². The number of halogens is 1. The van der Waals surface area contributed by atoms with Crippen LogP contribution in [-0.4, -0.2) is 53.2 Å². The van der Waals surface area contributed by atoms with Crippen molar-refractivity contribution >= 4 is 23.5 Å². The summed E-state index contributed by atoms with van der Waals surface area (Å²) in [7, 11) is 3.15. The molecular formula is C30H40ClN3O5. The highest BCUT2D eigenvalue weighted by Gasteiger charge is 2.59. The van der Waals surface area contributed by atoms with Crippen LogP contribution < -0.4 is 14.8 Å². The number of carboxylic acid groups (broad SMARTS) is 1. The predicted molar refractivity (Wildman–Crippen MR) is 150 cm³/mol. The molecule has 1 aromatic carbocycles. The van der Waals surface area contributed by atoms with Crippen LogP contribution in [0.1, 0.15) is 70.2 Å². The topological polar surface area (TPSA) is 101 Å². The molecule has 0 spiro atoms. The van der Waals surface area contributed by atoms with Crippen LogP contribution in [0.5, 0.6) is 11.6 Å². The average Bonchev–Trinajstić information content (AvgIpc) is 3.28. The monoisotopic (exact) mass is 557 g/mol. The van der Waals surface area contributed by atoms with Crippen molar-refractivity contribution in [3.05, 3.63) is 52.7 Å². The Morgan fingerprint density at radius 3 is 2.44 bits per heavy atom. The number of carboxylic acids is 1. The zero-order valence-electron chi connectivity index (χ0n) is 23.4. The quantitative estimate of drug-likeness (QED) is 0.442. The van der Waals surface area contributed by atoms with Crippen LogP contribution in [-0.2, 0) is 16.1 Å². The molecule has 2 fully saturated rings. The number of benzene rings is 1. The Bertz CT molecular complexity index is 1180. The van der Waals surface area contributed by atoms with E-state index in [2.05, 4.69) is 5.32 Å². The normalized spacial score (nSPS) is 24.0. The van der Waals surface area contributed by atoms with Crippen molar-refractivity contribution in [2.75, 3.05) is 14.2 Å². The third-order valence-corrected chi connectivity index (χ3v) is 8.39. The summed E-state index contributed by atoms with van der Waals surface area (Å²) in [6.45, 7) is 6.48. The maximum absolute atomic E-state index is 14.2. The molecule has 1 amide bonds. The van der Waals surface area contributed by atoms with Crippen LogP contribution in [0.2, 0.25) is 5.02 Å². The molecule has 4 unspecified atom stereocenters. The molecule has 1 aliphatic carbocycles. The molecule has 4 rings (SSSR count). The number of amides is 1. The van der Waals surface area contributed by atoms with E-state index in [1.807, 2.05) is 45.0 Å². The molecule has 2 heterocycles. The number of nitrogens with one attached hydrogen (secondary N) is 1. The van der Waals surface area contributed by atoms with Gasteiger partial charge in [0.25, 0.3) is 0 Å². The highest BCUT2D eigenvalue weighted by molar-refractivity contribution is 6.30. The van der Waals surface area contributed by atoms with Crippen LogP contribution in [0.4, 0.5) is 0 Å². The molecule has 2 aliphatic rings. The van der Waals surface area contributed by atoms with E-state index in [0.29, 0.717) is 28.9 Å². The van der Waals surface area contributed by atoms with Gasteiger partial charge in [-0.1, -0.05) is 57.7 Å². The first kappa shape index (κ1) is 29.2. The molecule has 39 heavy (non-hydrogen) atoms. The fourth-order valence-corrected chi connectivity index (χ4v) is 6.61. The number of nitrogens with zero attached hydrogens (tertiary/aromatic N) is 2. The number of rotatable bonds is 8. The molecule has 1 aromatic heterocycles. The smallest absolute Gasteiger partial charge is 0.326 e. The SMILES string of the molecule is COc1cccc(C2C(NCc3cc(Cl)ccc3OC)C(C(C)(C)C)C(C(=O)O)N2C(=O)C2CCCCC2)n1. The van der Waals surface area contributed by atoms with E-state index in [1.165, 1.54) is 0 Å². The summed E-state index contributed by atoms with van der Waals surface area (Å²) >= 11 is 6.31. The fourth-order valence-electron chi connectivity index (χ4n) is 6.42. The maximum Gasteiger partial charge on any atom is 0.326 e. The Hall–Kier alpha value is -2.84. The number of pyridine rings is 1. The average molecular weight is 558 g/mol. The number of methoxy groups -OCH3 is 2. The van der Waals surface area contributed by atoms with Gasteiger partial charge in [-0.05, 0) is 42.5 Å². The summed E-state index contributed by atoms with van der Waals surface area (Å²) in [5.74, 6) is -0.615. The Labute approximate surface area is 236 Å². The molecule has 2 aromatic rings. The molecule has 8 nitrogen and oxygen atoms in total. The van der Waals surface area contributed by atoms with Gasteiger partial charge in [0.05, 0.1) is 26.0 Å². The zero-order chi connectivity index (χ0) is 28.3. The van der Waals surface area contributed by atoms with E-state index in [9.17, 15) is 14.7 Å². The molecular weight excluding hydrogens is 518 g/mol. The molecule has 0 bridgehead atoms. The van der Waals surface area contributed by atoms with Crippen LogP contribution in [0.15, 0.2) is 36.4 Å². The van der Waals surface area contributed by atoms with Crippen molar-refractivity contribution in [3.63, 3.8) is 0 Å². The summed E-state index contributed by atoms with van der Waals surface area (Å²) < 4.78 is 11.0. The van der Waals surface area contributed by atoms with Gasteiger partial charge in [-0.2, -0.15) is 0 Å². The number of hydrogen-bond acceptors (Lipinski definition) is 6. The molecule has 9 heteroatoms. The summed E-state index contributed by atoms with van der Waals surface area (Å²) in [5, 5.41) is 14.9. The van der Waals surface area contributed by atoms with Crippen LogP contribution in [0.25, 0.3) is 0 Å². The minimum Gasteiger partial charge on any atom is -0.496 e. The van der Waals surface area contributed by atoms with Gasteiger partial charge in [-0.15, -0.1) is 0 Å². The van der Waals surface area contributed by atoms with Gasteiger partial charge < -0.3 is 24.8 Å². The predicted octanol–water partition coefficient (Wildman–Crippen LogP) is 5.49. The van der Waals surface area contributed by atoms with Gasteiger partial charge in [0.2, 0.25) is 11.8 Å². The van der Waals surface area contributed by atoms with E-state index >= 15 is 0 Å². The lowest BCUT2D eigenvalue weighted by atomic mass is 9.72. The Balaban J connectivity index is 1.84. The van der Waals surface area contributed by atoms with E-state index in [1.54, 1.807) is 31.3 Å². The van der Waals surface area contributed by atoms with Gasteiger partial charge in [0.15, 0.2) is 0 Å². The first-order valence-electron chi connectivity index (χ1n) is 13.7. The number of aromatic nitrogens is 1. The van der Waals surface area contributed by atoms with Crippen LogP contribution in [0.3, 0.4) is 0 Å². The Kier molecular flexibility index (Phi) is 9.07. The summed E-state index contributed by atoms with van der Waals surface area (Å²) in [4.78, 5) is 33.6. The molecule has 1 saturated heterocycles. The molecule has 2 N–H and O–H groups in total. The van der Waals surface area contributed by atoms with Gasteiger partial charge >= 0.3 is 5.97 Å². The lowest BCUT2D eigenvalue weighted by Crippen LogP contribution is -2.49. The Morgan fingerprint density at radius 1 is 1.10 bits per heavy atom. The molecule has 1 saturated carbocycles. The minimum absolute atomic E-state index is 0.101. The van der Waals surface area contributed by atoms with Crippen molar-refractivity contribution in [3.8, 4) is 11.6 Å². The third-order valence-electron chi connectivity index (χ3n) is 8.16. The number of ether oxygens (including phenoxy) is 2. The summed E-state index contributed by atoms with van der Waals surface area (Å²) in [6, 6.07) is 8.83. The first-order valence-corrected chi connectivity index (χ1v) is 14.1. The second-order valence-corrected chi connectivity index (χ2v) is 12.1. The highest BCUT2D eigenvalue weighted by atomic mass is 35.5. The van der Waals surface area contributed by atoms with E-state index < -0.39 is 35.4 Å². The van der Waals surface area contributed by atoms with Gasteiger partial charge in [-0.25, -0.2) is 9.78 Å². The second kappa shape index (κ2) is 12.1. The summed E-state index contributed by atoms with van der Waals surface area (Å²) in [5.41, 5.74) is 1.00. The van der Waals surface area contributed by atoms with E-state index in [-0.39, 0.29) is 11.8 Å². The third kappa shape index (κ3) is 6.17. The number of carbonyl (C=O) groups excluding carboxylic acids is 1. The van der Waals surface area contributed by atoms with Crippen molar-refractivity contribution in [2.45, 2.75) is 77.5 Å². The van der Waals surface area contributed by atoms with E-state index in [4.69, 9.17) is 26.1 Å². The Morgan fingerprint density at radius 2 is 1.82 bits per heavy atom. The van der Waals surface area contributed by atoms with Crippen LogP contribution in [0, 0.1) is 17.3 Å². The number of carbonyl (C=O) groups is 2.